The third-order valence-electron chi connectivity index (χ3n) is 7.19. The Kier molecular flexibility index (Phi) is 6.79. The van der Waals surface area contributed by atoms with Crippen LogP contribution in [0.4, 0.5) is 24.7 Å². The monoisotopic (exact) mass is 500 g/mol. The highest BCUT2D eigenvalue weighted by Crippen LogP contribution is 2.30. The molecule has 1 saturated heterocycles. The van der Waals surface area contributed by atoms with Crippen molar-refractivity contribution in [1.82, 2.24) is 19.6 Å². The average Bonchev–Trinajstić information content (AvgIpc) is 3.32. The first-order valence-corrected chi connectivity index (χ1v) is 12.4. The minimum absolute atomic E-state index is 0.0702. The smallest absolute Gasteiger partial charge is 0.369 e. The maximum Gasteiger partial charge on any atom is 0.434 e. The molecule has 0 unspecified atom stereocenters. The number of nitrogens with one attached hydrogen (secondary N) is 2. The average molecular weight is 501 g/mol. The Morgan fingerprint density at radius 2 is 1.61 bits per heavy atom. The third-order valence-corrected chi connectivity index (χ3v) is 7.19. The number of carbonyl (C=O) groups is 1. The van der Waals surface area contributed by atoms with Crippen LogP contribution in [0.3, 0.4) is 0 Å². The molecule has 2 aromatic heterocycles. The molecule has 1 amide bonds. The number of aromatic nitrogens is 2. The molecule has 10 heteroatoms. The van der Waals surface area contributed by atoms with Gasteiger partial charge in [0.2, 0.25) is 0 Å². The van der Waals surface area contributed by atoms with Crippen LogP contribution >= 0.6 is 0 Å². The van der Waals surface area contributed by atoms with Crippen molar-refractivity contribution in [2.45, 2.75) is 43.9 Å². The fourth-order valence-corrected chi connectivity index (χ4v) is 5.01. The van der Waals surface area contributed by atoms with Gasteiger partial charge in [-0.15, -0.1) is 0 Å². The van der Waals surface area contributed by atoms with E-state index in [9.17, 15) is 18.0 Å². The molecule has 1 aliphatic carbocycles. The molecule has 2 N–H and O–H groups in total. The maximum absolute atomic E-state index is 13.1. The standard InChI is InChI=1S/C26H31F3N6O/c1-33-13-15-34(16-14-33)21-11-5-18(6-12-21)25(36)31-20-9-7-19(8-10-20)30-23-3-2-4-24-32-22(17-35(23)24)26(27,28)29/h2-6,11-12,17,19-20,30H,7-10,13-16H2,1H3,(H,31,36)/t19-,20+. The fraction of sp³-hybridized carbons (Fsp3) is 0.462. The largest absolute Gasteiger partial charge is 0.434 e. The highest BCUT2D eigenvalue weighted by atomic mass is 19.4. The topological polar surface area (TPSA) is 64.9 Å². The Hall–Kier alpha value is -3.27. The molecule has 7 nitrogen and oxygen atoms in total. The molecular weight excluding hydrogens is 469 g/mol. The van der Waals surface area contributed by atoms with Crippen molar-refractivity contribution >= 4 is 23.1 Å². The van der Waals surface area contributed by atoms with Crippen molar-refractivity contribution in [3.05, 3.63) is 59.9 Å². The van der Waals surface area contributed by atoms with Gasteiger partial charge in [-0.1, -0.05) is 6.07 Å². The van der Waals surface area contributed by atoms with E-state index in [4.69, 9.17) is 0 Å². The highest BCUT2D eigenvalue weighted by molar-refractivity contribution is 5.94. The summed E-state index contributed by atoms with van der Waals surface area (Å²) >= 11 is 0. The van der Waals surface area contributed by atoms with Crippen LogP contribution < -0.4 is 15.5 Å². The molecule has 192 valence electrons. The summed E-state index contributed by atoms with van der Waals surface area (Å²) in [6.07, 6.45) is -0.231. The lowest BCUT2D eigenvalue weighted by molar-refractivity contribution is -0.140. The number of benzene rings is 1. The van der Waals surface area contributed by atoms with Crippen LogP contribution in [0.15, 0.2) is 48.7 Å². The molecular formula is C26H31F3N6O. The van der Waals surface area contributed by atoms with Gasteiger partial charge in [0.15, 0.2) is 5.69 Å². The third kappa shape index (κ3) is 5.43. The molecule has 3 aromatic rings. The number of nitrogens with zero attached hydrogens (tertiary/aromatic N) is 4. The van der Waals surface area contributed by atoms with E-state index in [0.29, 0.717) is 11.4 Å². The SMILES string of the molecule is CN1CCN(c2ccc(C(=O)N[C@H]3CC[C@@H](Nc4cccc5nc(C(F)(F)F)cn45)CC3)cc2)CC1. The van der Waals surface area contributed by atoms with E-state index in [1.165, 1.54) is 4.40 Å². The van der Waals surface area contributed by atoms with Crippen LogP contribution in [0, 0.1) is 0 Å². The van der Waals surface area contributed by atoms with Gasteiger partial charge < -0.3 is 20.4 Å². The van der Waals surface area contributed by atoms with Gasteiger partial charge in [0.05, 0.1) is 0 Å². The van der Waals surface area contributed by atoms with Crippen LogP contribution in [0.2, 0.25) is 0 Å². The van der Waals surface area contributed by atoms with Gasteiger partial charge in [-0.3, -0.25) is 9.20 Å². The van der Waals surface area contributed by atoms with E-state index in [1.54, 1.807) is 18.2 Å². The van der Waals surface area contributed by atoms with Crippen LogP contribution in [0.25, 0.3) is 5.65 Å². The van der Waals surface area contributed by atoms with Gasteiger partial charge in [0.25, 0.3) is 5.91 Å². The number of rotatable bonds is 5. The van der Waals surface area contributed by atoms with E-state index >= 15 is 0 Å². The first-order chi connectivity index (χ1) is 17.3. The zero-order valence-corrected chi connectivity index (χ0v) is 20.3. The summed E-state index contributed by atoms with van der Waals surface area (Å²) in [5, 5.41) is 6.52. The van der Waals surface area contributed by atoms with E-state index in [1.807, 2.05) is 24.3 Å². The Balaban J connectivity index is 1.14. The number of amides is 1. The Morgan fingerprint density at radius 3 is 2.28 bits per heavy atom. The summed E-state index contributed by atoms with van der Waals surface area (Å²) in [4.78, 5) is 21.1. The minimum Gasteiger partial charge on any atom is -0.369 e. The van der Waals surface area contributed by atoms with Crippen molar-refractivity contribution in [3.63, 3.8) is 0 Å². The van der Waals surface area contributed by atoms with Crippen molar-refractivity contribution in [1.29, 1.82) is 0 Å². The number of piperazine rings is 1. The molecule has 3 heterocycles. The lowest BCUT2D eigenvalue weighted by atomic mass is 9.91. The van der Waals surface area contributed by atoms with Gasteiger partial charge >= 0.3 is 6.18 Å². The van der Waals surface area contributed by atoms with E-state index in [2.05, 4.69) is 32.5 Å². The van der Waals surface area contributed by atoms with Crippen molar-refractivity contribution in [2.75, 3.05) is 43.4 Å². The summed E-state index contributed by atoms with van der Waals surface area (Å²) in [7, 11) is 2.13. The fourth-order valence-electron chi connectivity index (χ4n) is 5.01. The summed E-state index contributed by atoms with van der Waals surface area (Å²) < 4.78 is 40.7. The molecule has 36 heavy (non-hydrogen) atoms. The number of likely N-dealkylation sites (N-methyl/N-ethyl adjacent to an activating group) is 1. The molecule has 1 aromatic carbocycles. The molecule has 2 aliphatic rings. The molecule has 5 rings (SSSR count). The number of anilines is 2. The predicted molar refractivity (Wildman–Crippen MR) is 133 cm³/mol. The van der Waals surface area contributed by atoms with Gasteiger partial charge in [-0.25, -0.2) is 4.98 Å². The predicted octanol–water partition coefficient (Wildman–Crippen LogP) is 4.26. The lowest BCUT2D eigenvalue weighted by Gasteiger charge is -2.34. The summed E-state index contributed by atoms with van der Waals surface area (Å²) in [6, 6.07) is 13.0. The molecule has 0 bridgehead atoms. The van der Waals surface area contributed by atoms with Crippen LogP contribution in [-0.2, 0) is 6.18 Å². The van der Waals surface area contributed by atoms with Crippen LogP contribution in [0.1, 0.15) is 41.7 Å². The Morgan fingerprint density at radius 1 is 0.944 bits per heavy atom. The highest BCUT2D eigenvalue weighted by Gasteiger charge is 2.34. The van der Waals surface area contributed by atoms with Gasteiger partial charge in [-0.2, -0.15) is 13.2 Å². The van der Waals surface area contributed by atoms with Crippen LogP contribution in [0.5, 0.6) is 0 Å². The molecule has 2 fully saturated rings. The van der Waals surface area contributed by atoms with Crippen molar-refractivity contribution < 1.29 is 18.0 Å². The quantitative estimate of drug-likeness (QED) is 0.548. The Labute approximate surface area is 208 Å². The number of imidazole rings is 1. The molecule has 1 aliphatic heterocycles. The number of halogens is 3. The van der Waals surface area contributed by atoms with E-state index < -0.39 is 11.9 Å². The van der Waals surface area contributed by atoms with Crippen LogP contribution in [-0.4, -0.2) is 65.5 Å². The van der Waals surface area contributed by atoms with Crippen molar-refractivity contribution in [2.24, 2.45) is 0 Å². The molecule has 0 radical (unpaired) electrons. The zero-order chi connectivity index (χ0) is 25.3. The summed E-state index contributed by atoms with van der Waals surface area (Å²) in [5.41, 5.74) is 1.15. The van der Waals surface area contributed by atoms with Gasteiger partial charge in [0, 0.05) is 55.7 Å². The number of fused-ring (bicyclic) bond motifs is 1. The molecule has 0 spiro atoms. The summed E-state index contributed by atoms with van der Waals surface area (Å²) in [6.45, 7) is 4.04. The summed E-state index contributed by atoms with van der Waals surface area (Å²) in [5.74, 6) is 0.516. The normalized spacial score (nSPS) is 21.5. The first kappa shape index (κ1) is 24.4. The number of pyridine rings is 1. The second-order valence-electron chi connectivity index (χ2n) is 9.77. The van der Waals surface area contributed by atoms with E-state index in [-0.39, 0.29) is 23.6 Å². The number of alkyl halides is 3. The van der Waals surface area contributed by atoms with Gasteiger partial charge in [-0.05, 0) is 69.1 Å². The number of hydrogen-bond acceptors (Lipinski definition) is 5. The number of hydrogen-bond donors (Lipinski definition) is 2. The molecule has 0 atom stereocenters. The zero-order valence-electron chi connectivity index (χ0n) is 20.3. The van der Waals surface area contributed by atoms with Crippen molar-refractivity contribution in [3.8, 4) is 0 Å². The number of carbonyl (C=O) groups excluding carboxylic acids is 1. The molecule has 1 saturated carbocycles. The Bertz CT molecular complexity index is 1190. The van der Waals surface area contributed by atoms with E-state index in [0.717, 1.165) is 63.7 Å². The lowest BCUT2D eigenvalue weighted by Crippen LogP contribution is -2.44. The van der Waals surface area contributed by atoms with Gasteiger partial charge in [0.1, 0.15) is 11.5 Å². The second-order valence-corrected chi connectivity index (χ2v) is 9.77. The second kappa shape index (κ2) is 10.0. The first-order valence-electron chi connectivity index (χ1n) is 12.4. The maximum atomic E-state index is 13.1. The minimum atomic E-state index is -4.48.